The molecule has 142 valence electrons. The van der Waals surface area contributed by atoms with E-state index in [0.717, 1.165) is 11.3 Å². The number of aromatic nitrogens is 2. The van der Waals surface area contributed by atoms with Crippen molar-refractivity contribution < 1.29 is 14.3 Å². The van der Waals surface area contributed by atoms with Crippen molar-refractivity contribution in [1.82, 2.24) is 9.78 Å². The molecule has 0 spiro atoms. The summed E-state index contributed by atoms with van der Waals surface area (Å²) < 4.78 is 12.6. The van der Waals surface area contributed by atoms with Crippen LogP contribution in [0.3, 0.4) is 0 Å². The van der Waals surface area contributed by atoms with E-state index < -0.39 is 0 Å². The molecule has 0 fully saturated rings. The van der Waals surface area contributed by atoms with Crippen molar-refractivity contribution in [3.05, 3.63) is 65.9 Å². The SMILES string of the molecule is COCCOc1ccc(NC(=O)c2cccc(C#N)c2)cc1-c1ccnn1C. The Morgan fingerprint density at radius 3 is 2.79 bits per heavy atom. The summed E-state index contributed by atoms with van der Waals surface area (Å²) in [7, 11) is 3.46. The topological polar surface area (TPSA) is 89.2 Å². The number of hydrogen-bond donors (Lipinski definition) is 1. The monoisotopic (exact) mass is 376 g/mol. The van der Waals surface area contributed by atoms with Gasteiger partial charge in [-0.1, -0.05) is 6.07 Å². The predicted molar refractivity (Wildman–Crippen MR) is 105 cm³/mol. The standard InChI is InChI=1S/C21H20N4O3/c1-25-19(8-9-23-25)18-13-17(6-7-20(18)28-11-10-27-2)24-21(26)16-5-3-4-15(12-16)14-22/h3-9,12-13H,10-11H2,1-2H3,(H,24,26). The Hall–Kier alpha value is -3.63. The van der Waals surface area contributed by atoms with E-state index in [1.807, 2.05) is 25.2 Å². The van der Waals surface area contributed by atoms with Gasteiger partial charge in [0.05, 0.1) is 23.9 Å². The Bertz CT molecular complexity index is 1020. The Kier molecular flexibility index (Phi) is 6.04. The van der Waals surface area contributed by atoms with Gasteiger partial charge in [-0.25, -0.2) is 0 Å². The van der Waals surface area contributed by atoms with Crippen LogP contribution >= 0.6 is 0 Å². The molecule has 28 heavy (non-hydrogen) atoms. The first kappa shape index (κ1) is 19.1. The minimum absolute atomic E-state index is 0.291. The number of rotatable bonds is 7. The van der Waals surface area contributed by atoms with Gasteiger partial charge >= 0.3 is 0 Å². The first-order chi connectivity index (χ1) is 13.6. The maximum absolute atomic E-state index is 12.6. The van der Waals surface area contributed by atoms with Crippen molar-refractivity contribution in [3.63, 3.8) is 0 Å². The zero-order valence-corrected chi connectivity index (χ0v) is 15.7. The fraction of sp³-hybridized carbons (Fsp3) is 0.190. The van der Waals surface area contributed by atoms with Gasteiger partial charge in [-0.2, -0.15) is 10.4 Å². The number of methoxy groups -OCH3 is 1. The van der Waals surface area contributed by atoms with E-state index in [2.05, 4.69) is 10.4 Å². The van der Waals surface area contributed by atoms with Crippen LogP contribution in [0.1, 0.15) is 15.9 Å². The molecule has 2 aromatic carbocycles. The Labute approximate surface area is 163 Å². The van der Waals surface area contributed by atoms with Crippen LogP contribution in [0.15, 0.2) is 54.7 Å². The molecule has 0 aliphatic rings. The van der Waals surface area contributed by atoms with Gasteiger partial charge in [0.15, 0.2) is 0 Å². The van der Waals surface area contributed by atoms with Gasteiger partial charge in [-0.3, -0.25) is 9.48 Å². The second kappa shape index (κ2) is 8.84. The second-order valence-electron chi connectivity index (χ2n) is 6.04. The third-order valence-corrected chi connectivity index (χ3v) is 4.13. The lowest BCUT2D eigenvalue weighted by atomic mass is 10.1. The summed E-state index contributed by atoms with van der Waals surface area (Å²) in [5.74, 6) is 0.381. The highest BCUT2D eigenvalue weighted by atomic mass is 16.5. The van der Waals surface area contributed by atoms with Crippen LogP contribution in [0.4, 0.5) is 5.69 Å². The molecule has 0 atom stereocenters. The first-order valence-electron chi connectivity index (χ1n) is 8.68. The molecular weight excluding hydrogens is 356 g/mol. The number of anilines is 1. The summed E-state index contributed by atoms with van der Waals surface area (Å²) in [4.78, 5) is 12.6. The Morgan fingerprint density at radius 1 is 1.21 bits per heavy atom. The van der Waals surface area contributed by atoms with E-state index in [9.17, 15) is 4.79 Å². The van der Waals surface area contributed by atoms with Crippen molar-refractivity contribution in [3.8, 4) is 23.1 Å². The lowest BCUT2D eigenvalue weighted by Gasteiger charge is -2.14. The Balaban J connectivity index is 1.88. The number of nitrogens with one attached hydrogen (secondary N) is 1. The van der Waals surface area contributed by atoms with Gasteiger partial charge in [-0.15, -0.1) is 0 Å². The van der Waals surface area contributed by atoms with Crippen molar-refractivity contribution in [2.75, 3.05) is 25.6 Å². The largest absolute Gasteiger partial charge is 0.490 e. The van der Waals surface area contributed by atoms with Crippen molar-refractivity contribution in [2.45, 2.75) is 0 Å². The summed E-state index contributed by atoms with van der Waals surface area (Å²) >= 11 is 0. The number of nitrogens with zero attached hydrogens (tertiary/aromatic N) is 3. The van der Waals surface area contributed by atoms with Gasteiger partial charge in [0.25, 0.3) is 5.91 Å². The Morgan fingerprint density at radius 2 is 2.07 bits per heavy atom. The quantitative estimate of drug-likeness (QED) is 0.640. The van der Waals surface area contributed by atoms with E-state index in [0.29, 0.717) is 35.8 Å². The maximum atomic E-state index is 12.6. The molecule has 0 saturated carbocycles. The lowest BCUT2D eigenvalue weighted by Crippen LogP contribution is -2.12. The molecule has 3 rings (SSSR count). The predicted octanol–water partition coefficient (Wildman–Crippen LogP) is 3.24. The molecular formula is C21H20N4O3. The average Bonchev–Trinajstić information content (AvgIpc) is 3.14. The van der Waals surface area contributed by atoms with Crippen LogP contribution in [0.2, 0.25) is 0 Å². The number of carbonyl (C=O) groups excluding carboxylic acids is 1. The summed E-state index contributed by atoms with van der Waals surface area (Å²) in [5.41, 5.74) is 3.13. The van der Waals surface area contributed by atoms with Crippen LogP contribution in [-0.4, -0.2) is 36.0 Å². The first-order valence-corrected chi connectivity index (χ1v) is 8.68. The minimum Gasteiger partial charge on any atom is -0.490 e. The second-order valence-corrected chi connectivity index (χ2v) is 6.04. The summed E-state index contributed by atoms with van der Waals surface area (Å²) in [6.07, 6.45) is 1.70. The highest BCUT2D eigenvalue weighted by Gasteiger charge is 2.13. The van der Waals surface area contributed by atoms with Crippen LogP contribution < -0.4 is 10.1 Å². The third kappa shape index (κ3) is 4.37. The van der Waals surface area contributed by atoms with E-state index >= 15 is 0 Å². The van der Waals surface area contributed by atoms with Gasteiger partial charge < -0.3 is 14.8 Å². The lowest BCUT2D eigenvalue weighted by molar-refractivity contribution is 0.102. The molecule has 0 bridgehead atoms. The number of aryl methyl sites for hydroxylation is 1. The molecule has 1 amide bonds. The smallest absolute Gasteiger partial charge is 0.255 e. The summed E-state index contributed by atoms with van der Waals surface area (Å²) in [6.45, 7) is 0.882. The van der Waals surface area contributed by atoms with Crippen LogP contribution in [0, 0.1) is 11.3 Å². The van der Waals surface area contributed by atoms with E-state index in [4.69, 9.17) is 14.7 Å². The van der Waals surface area contributed by atoms with Crippen molar-refractivity contribution in [2.24, 2.45) is 7.05 Å². The summed E-state index contributed by atoms with van der Waals surface area (Å²) in [5, 5.41) is 16.1. The number of amides is 1. The van der Waals surface area contributed by atoms with Gasteiger partial charge in [0, 0.05) is 37.2 Å². The van der Waals surface area contributed by atoms with Crippen LogP contribution in [0.25, 0.3) is 11.3 Å². The van der Waals surface area contributed by atoms with Gasteiger partial charge in [0.1, 0.15) is 12.4 Å². The highest BCUT2D eigenvalue weighted by molar-refractivity contribution is 6.04. The molecule has 0 aliphatic carbocycles. The molecule has 0 aliphatic heterocycles. The number of nitriles is 1. The molecule has 1 heterocycles. The number of ether oxygens (including phenoxy) is 2. The fourth-order valence-electron chi connectivity index (χ4n) is 2.74. The molecule has 0 radical (unpaired) electrons. The third-order valence-electron chi connectivity index (χ3n) is 4.13. The van der Waals surface area contributed by atoms with Crippen molar-refractivity contribution >= 4 is 11.6 Å². The zero-order chi connectivity index (χ0) is 19.9. The highest BCUT2D eigenvalue weighted by Crippen LogP contribution is 2.32. The number of carbonyl (C=O) groups is 1. The normalized spacial score (nSPS) is 10.3. The molecule has 1 aromatic heterocycles. The van der Waals surface area contributed by atoms with Crippen LogP contribution in [-0.2, 0) is 11.8 Å². The minimum atomic E-state index is -0.291. The molecule has 0 unspecified atom stereocenters. The molecule has 3 aromatic rings. The van der Waals surface area contributed by atoms with E-state index in [-0.39, 0.29) is 5.91 Å². The molecule has 7 heteroatoms. The van der Waals surface area contributed by atoms with Crippen LogP contribution in [0.5, 0.6) is 5.75 Å². The molecule has 7 nitrogen and oxygen atoms in total. The number of benzene rings is 2. The number of hydrogen-bond acceptors (Lipinski definition) is 5. The van der Waals surface area contributed by atoms with Crippen molar-refractivity contribution in [1.29, 1.82) is 5.26 Å². The molecule has 1 N–H and O–H groups in total. The van der Waals surface area contributed by atoms with E-state index in [1.165, 1.54) is 0 Å². The zero-order valence-electron chi connectivity index (χ0n) is 15.7. The van der Waals surface area contributed by atoms with Gasteiger partial charge in [-0.05, 0) is 42.5 Å². The van der Waals surface area contributed by atoms with Gasteiger partial charge in [0.2, 0.25) is 0 Å². The average molecular weight is 376 g/mol. The van der Waals surface area contributed by atoms with E-state index in [1.54, 1.807) is 54.4 Å². The molecule has 0 saturated heterocycles. The summed E-state index contributed by atoms with van der Waals surface area (Å²) in [6, 6.07) is 15.9. The fourth-order valence-corrected chi connectivity index (χ4v) is 2.74. The maximum Gasteiger partial charge on any atom is 0.255 e.